The summed E-state index contributed by atoms with van der Waals surface area (Å²) in [6, 6.07) is 13.5. The molecule has 3 heterocycles. The molecule has 4 aromatic rings. The van der Waals surface area contributed by atoms with Crippen LogP contribution in [0.2, 0.25) is 5.15 Å². The molecule has 0 bridgehead atoms. The first-order valence-corrected chi connectivity index (χ1v) is 10.8. The number of aromatic nitrogens is 4. The molecule has 3 N–H and O–H groups in total. The minimum Gasteiger partial charge on any atom is -0.394 e. The molecule has 10 heteroatoms. The topological polar surface area (TPSA) is 136 Å². The Morgan fingerprint density at radius 2 is 2.03 bits per heavy atom. The van der Waals surface area contributed by atoms with Crippen molar-refractivity contribution in [1.29, 1.82) is 5.26 Å². The molecule has 0 aliphatic rings. The van der Waals surface area contributed by atoms with Gasteiger partial charge in [0.25, 0.3) is 5.91 Å². The highest BCUT2D eigenvalue weighted by Gasteiger charge is 2.22. The lowest BCUT2D eigenvalue weighted by atomic mass is 10.00. The smallest absolute Gasteiger partial charge is 0.270 e. The number of aryl methyl sites for hydroxylation is 1. The number of carbonyl (C=O) groups excluding carboxylic acids is 1. The van der Waals surface area contributed by atoms with Gasteiger partial charge < -0.3 is 15.5 Å². The van der Waals surface area contributed by atoms with E-state index in [-0.39, 0.29) is 5.69 Å². The lowest BCUT2D eigenvalue weighted by Gasteiger charge is -2.17. The standard InChI is InChI=1S/C24H21ClN6O3/c1-13-8-17(10-20(25)27-13)21-22(16-5-3-4-15(9-16)11-26)30-31-7-6-18(29-23(21)31)24(34)28-14(2)19(33)12-32/h3-10,14,19,32-33H,12H2,1-2H3,(H,28,34). The van der Waals surface area contributed by atoms with Gasteiger partial charge in [-0.15, -0.1) is 0 Å². The first-order valence-electron chi connectivity index (χ1n) is 10.4. The van der Waals surface area contributed by atoms with Gasteiger partial charge in [-0.3, -0.25) is 4.79 Å². The first-order chi connectivity index (χ1) is 16.3. The Hall–Kier alpha value is -3.84. The summed E-state index contributed by atoms with van der Waals surface area (Å²) in [6.07, 6.45) is 0.514. The van der Waals surface area contributed by atoms with Gasteiger partial charge in [-0.1, -0.05) is 23.7 Å². The van der Waals surface area contributed by atoms with Gasteiger partial charge in [-0.25, -0.2) is 14.5 Å². The van der Waals surface area contributed by atoms with Crippen LogP contribution in [0.4, 0.5) is 0 Å². The van der Waals surface area contributed by atoms with Crippen LogP contribution in [0, 0.1) is 18.3 Å². The second-order valence-electron chi connectivity index (χ2n) is 7.83. The number of pyridine rings is 1. The number of aliphatic hydroxyl groups is 2. The normalized spacial score (nSPS) is 12.8. The lowest BCUT2D eigenvalue weighted by Crippen LogP contribution is -2.43. The minimum absolute atomic E-state index is 0.111. The number of nitriles is 1. The van der Waals surface area contributed by atoms with Crippen LogP contribution in [0.25, 0.3) is 28.0 Å². The number of benzene rings is 1. The van der Waals surface area contributed by atoms with Crippen molar-refractivity contribution >= 4 is 23.2 Å². The third-order valence-corrected chi connectivity index (χ3v) is 5.51. The molecule has 0 saturated heterocycles. The van der Waals surface area contributed by atoms with Crippen LogP contribution in [0.3, 0.4) is 0 Å². The summed E-state index contributed by atoms with van der Waals surface area (Å²) in [6.45, 7) is 2.93. The summed E-state index contributed by atoms with van der Waals surface area (Å²) in [4.78, 5) is 21.5. The maximum absolute atomic E-state index is 12.8. The zero-order valence-electron chi connectivity index (χ0n) is 18.4. The highest BCUT2D eigenvalue weighted by Crippen LogP contribution is 2.36. The van der Waals surface area contributed by atoms with E-state index in [0.717, 1.165) is 0 Å². The average Bonchev–Trinajstić information content (AvgIpc) is 3.21. The van der Waals surface area contributed by atoms with E-state index < -0.39 is 24.7 Å². The van der Waals surface area contributed by atoms with Gasteiger partial charge >= 0.3 is 0 Å². The largest absolute Gasteiger partial charge is 0.394 e. The van der Waals surface area contributed by atoms with Crippen molar-refractivity contribution in [3.05, 3.63) is 70.8 Å². The molecule has 34 heavy (non-hydrogen) atoms. The zero-order valence-corrected chi connectivity index (χ0v) is 19.2. The van der Waals surface area contributed by atoms with Crippen LogP contribution in [0.15, 0.2) is 48.7 Å². The summed E-state index contributed by atoms with van der Waals surface area (Å²) >= 11 is 6.24. The van der Waals surface area contributed by atoms with Gasteiger partial charge in [0.2, 0.25) is 0 Å². The number of amides is 1. The van der Waals surface area contributed by atoms with Gasteiger partial charge in [-0.2, -0.15) is 10.4 Å². The van der Waals surface area contributed by atoms with Crippen molar-refractivity contribution < 1.29 is 15.0 Å². The van der Waals surface area contributed by atoms with Crippen molar-refractivity contribution in [2.45, 2.75) is 26.0 Å². The van der Waals surface area contributed by atoms with Crippen LogP contribution in [-0.2, 0) is 0 Å². The van der Waals surface area contributed by atoms with Gasteiger partial charge in [0.05, 0.1) is 35.9 Å². The Balaban J connectivity index is 1.90. The summed E-state index contributed by atoms with van der Waals surface area (Å²) < 4.78 is 1.55. The molecule has 1 amide bonds. The van der Waals surface area contributed by atoms with E-state index in [1.54, 1.807) is 41.9 Å². The molecule has 0 fully saturated rings. The van der Waals surface area contributed by atoms with E-state index in [9.17, 15) is 15.2 Å². The number of hydrogen-bond donors (Lipinski definition) is 3. The van der Waals surface area contributed by atoms with E-state index in [1.807, 2.05) is 19.1 Å². The van der Waals surface area contributed by atoms with Crippen molar-refractivity contribution in [3.8, 4) is 28.5 Å². The number of nitrogens with zero attached hydrogens (tertiary/aromatic N) is 5. The third kappa shape index (κ3) is 4.61. The van der Waals surface area contributed by atoms with E-state index >= 15 is 0 Å². The number of carbonyl (C=O) groups is 1. The maximum Gasteiger partial charge on any atom is 0.270 e. The van der Waals surface area contributed by atoms with E-state index in [0.29, 0.717) is 44.4 Å². The molecule has 0 aliphatic carbocycles. The summed E-state index contributed by atoms with van der Waals surface area (Å²) in [5, 5.41) is 35.8. The SMILES string of the molecule is Cc1cc(-c2c(-c3cccc(C#N)c3)nn3ccc(C(=O)NC(C)C(O)CO)nc23)cc(Cl)n1. The van der Waals surface area contributed by atoms with Crippen molar-refractivity contribution in [2.24, 2.45) is 0 Å². The Morgan fingerprint density at radius 3 is 2.74 bits per heavy atom. The molecule has 0 aliphatic heterocycles. The fraction of sp³-hybridized carbons (Fsp3) is 0.208. The molecular weight excluding hydrogens is 456 g/mol. The molecule has 1 aromatic carbocycles. The molecule has 2 atom stereocenters. The van der Waals surface area contributed by atoms with Gasteiger partial charge in [-0.05, 0) is 49.7 Å². The fourth-order valence-electron chi connectivity index (χ4n) is 3.57. The van der Waals surface area contributed by atoms with Crippen molar-refractivity contribution in [1.82, 2.24) is 24.9 Å². The third-order valence-electron chi connectivity index (χ3n) is 5.32. The summed E-state index contributed by atoms with van der Waals surface area (Å²) in [5.41, 5.74) is 4.29. The van der Waals surface area contributed by atoms with Crippen LogP contribution in [0.5, 0.6) is 0 Å². The van der Waals surface area contributed by atoms with Crippen LogP contribution >= 0.6 is 11.6 Å². The molecular formula is C24H21ClN6O3. The minimum atomic E-state index is -1.10. The molecule has 4 rings (SSSR count). The van der Waals surface area contributed by atoms with Crippen LogP contribution in [-0.4, -0.2) is 54.5 Å². The second kappa shape index (κ2) is 9.57. The molecule has 2 unspecified atom stereocenters. The van der Waals surface area contributed by atoms with E-state index in [4.69, 9.17) is 16.7 Å². The Morgan fingerprint density at radius 1 is 1.24 bits per heavy atom. The zero-order chi connectivity index (χ0) is 24.4. The van der Waals surface area contributed by atoms with Gasteiger partial charge in [0, 0.05) is 17.5 Å². The highest BCUT2D eigenvalue weighted by atomic mass is 35.5. The summed E-state index contributed by atoms with van der Waals surface area (Å²) in [5.74, 6) is -0.508. The Labute approximate surface area is 200 Å². The predicted octanol–water partition coefficient (Wildman–Crippen LogP) is 2.76. The van der Waals surface area contributed by atoms with Crippen LogP contribution in [0.1, 0.15) is 28.7 Å². The first kappa shape index (κ1) is 23.3. The average molecular weight is 477 g/mol. The monoisotopic (exact) mass is 476 g/mol. The maximum atomic E-state index is 12.8. The van der Waals surface area contributed by atoms with E-state index in [2.05, 4.69) is 26.5 Å². The Kier molecular flexibility index (Phi) is 6.56. The van der Waals surface area contributed by atoms with Crippen LogP contribution < -0.4 is 5.32 Å². The second-order valence-corrected chi connectivity index (χ2v) is 8.22. The number of nitrogens with one attached hydrogen (secondary N) is 1. The number of aliphatic hydroxyl groups excluding tert-OH is 2. The predicted molar refractivity (Wildman–Crippen MR) is 126 cm³/mol. The Bertz CT molecular complexity index is 1410. The number of fused-ring (bicyclic) bond motifs is 1. The molecule has 3 aromatic heterocycles. The molecule has 0 saturated carbocycles. The summed E-state index contributed by atoms with van der Waals surface area (Å²) in [7, 11) is 0. The molecule has 0 radical (unpaired) electrons. The van der Waals surface area contributed by atoms with Gasteiger partial charge in [0.1, 0.15) is 16.5 Å². The van der Waals surface area contributed by atoms with Gasteiger partial charge in [0.15, 0.2) is 5.65 Å². The van der Waals surface area contributed by atoms with E-state index in [1.165, 1.54) is 6.07 Å². The fourth-order valence-corrected chi connectivity index (χ4v) is 3.82. The highest BCUT2D eigenvalue weighted by molar-refractivity contribution is 6.29. The number of rotatable bonds is 6. The lowest BCUT2D eigenvalue weighted by molar-refractivity contribution is 0.0609. The molecule has 9 nitrogen and oxygen atoms in total. The number of halogens is 1. The quantitative estimate of drug-likeness (QED) is 0.364. The van der Waals surface area contributed by atoms with Crippen molar-refractivity contribution in [3.63, 3.8) is 0 Å². The van der Waals surface area contributed by atoms with Crippen molar-refractivity contribution in [2.75, 3.05) is 6.61 Å². The molecule has 0 spiro atoms. The molecule has 172 valence electrons. The number of hydrogen-bond acceptors (Lipinski definition) is 7.